The predicted octanol–water partition coefficient (Wildman–Crippen LogP) is 2.79. The number of aldehydes is 1. The van der Waals surface area contributed by atoms with Crippen molar-refractivity contribution in [3.8, 4) is 0 Å². The second-order valence-corrected chi connectivity index (χ2v) is 4.80. The van der Waals surface area contributed by atoms with Gasteiger partial charge in [0.15, 0.2) is 6.29 Å². The summed E-state index contributed by atoms with van der Waals surface area (Å²) in [7, 11) is 0. The number of halogens is 1. The van der Waals surface area contributed by atoms with Gasteiger partial charge in [0.1, 0.15) is 0 Å². The first-order chi connectivity index (χ1) is 7.29. The molecule has 2 aromatic rings. The first-order valence-electron chi connectivity index (χ1n) is 4.92. The van der Waals surface area contributed by atoms with E-state index in [9.17, 15) is 4.79 Å². The predicted molar refractivity (Wildman–Crippen MR) is 60.3 cm³/mol. The Balaban J connectivity index is 2.34. The van der Waals surface area contributed by atoms with Gasteiger partial charge in [-0.3, -0.25) is 4.79 Å². The van der Waals surface area contributed by atoms with Crippen LogP contribution in [-0.4, -0.2) is 15.9 Å². The quantitative estimate of drug-likeness (QED) is 0.782. The highest BCUT2D eigenvalue weighted by molar-refractivity contribution is 9.10. The number of hydrogen-bond donors (Lipinski definition) is 0. The molecule has 0 aliphatic heterocycles. The lowest BCUT2D eigenvalue weighted by Gasteiger charge is -2.04. The molecule has 76 valence electrons. The molecule has 1 aliphatic carbocycles. The molecule has 0 aromatic carbocycles. The van der Waals surface area contributed by atoms with Gasteiger partial charge in [-0.05, 0) is 25.0 Å². The fourth-order valence-corrected chi connectivity index (χ4v) is 2.31. The van der Waals surface area contributed by atoms with Crippen molar-refractivity contribution in [3.63, 3.8) is 0 Å². The van der Waals surface area contributed by atoms with Gasteiger partial charge in [0.05, 0.1) is 17.3 Å². The molecule has 0 radical (unpaired) electrons. The molecule has 0 spiro atoms. The summed E-state index contributed by atoms with van der Waals surface area (Å²) < 4.78 is 2.90. The van der Waals surface area contributed by atoms with E-state index in [2.05, 4.69) is 27.1 Å². The van der Waals surface area contributed by atoms with Crippen molar-refractivity contribution in [2.45, 2.75) is 18.8 Å². The highest BCUT2D eigenvalue weighted by Crippen LogP contribution is 2.41. The van der Waals surface area contributed by atoms with Crippen LogP contribution in [-0.2, 0) is 0 Å². The van der Waals surface area contributed by atoms with Gasteiger partial charge in [0.25, 0.3) is 0 Å². The van der Waals surface area contributed by atoms with Crippen molar-refractivity contribution in [1.29, 1.82) is 0 Å². The highest BCUT2D eigenvalue weighted by Gasteiger charge is 2.27. The molecular formula is C11H9BrN2O. The minimum atomic E-state index is 0.615. The summed E-state index contributed by atoms with van der Waals surface area (Å²) in [6.07, 6.45) is 4.93. The maximum atomic E-state index is 10.8. The Morgan fingerprint density at radius 2 is 2.27 bits per heavy atom. The van der Waals surface area contributed by atoms with Crippen LogP contribution in [0.1, 0.15) is 34.8 Å². The van der Waals surface area contributed by atoms with Gasteiger partial charge in [-0.1, -0.05) is 15.9 Å². The van der Waals surface area contributed by atoms with Crippen LogP contribution in [0.2, 0.25) is 0 Å². The lowest BCUT2D eigenvalue weighted by molar-refractivity contribution is 0.112. The maximum Gasteiger partial charge on any atom is 0.153 e. The largest absolute Gasteiger partial charge is 0.298 e. The normalized spacial score (nSPS) is 15.8. The van der Waals surface area contributed by atoms with Crippen LogP contribution in [0.25, 0.3) is 5.52 Å². The summed E-state index contributed by atoms with van der Waals surface area (Å²) in [6.45, 7) is 0. The molecule has 0 saturated heterocycles. The van der Waals surface area contributed by atoms with Gasteiger partial charge >= 0.3 is 0 Å². The molecule has 15 heavy (non-hydrogen) atoms. The average molecular weight is 265 g/mol. The third-order valence-electron chi connectivity index (χ3n) is 2.76. The number of rotatable bonds is 2. The third kappa shape index (κ3) is 1.40. The van der Waals surface area contributed by atoms with Crippen LogP contribution in [0, 0.1) is 0 Å². The average Bonchev–Trinajstić information content (AvgIpc) is 2.98. The number of hydrogen-bond acceptors (Lipinski definition) is 2. The molecule has 1 aliphatic rings. The lowest BCUT2D eigenvalue weighted by Crippen LogP contribution is -1.96. The first kappa shape index (κ1) is 9.09. The molecule has 0 atom stereocenters. The zero-order valence-electron chi connectivity index (χ0n) is 7.98. The number of nitrogens with zero attached hydrogens (tertiary/aromatic N) is 2. The Labute approximate surface area is 95.2 Å². The summed E-state index contributed by atoms with van der Waals surface area (Å²) in [6, 6.07) is 4.02. The highest BCUT2D eigenvalue weighted by atomic mass is 79.9. The summed E-state index contributed by atoms with van der Waals surface area (Å²) in [5.74, 6) is 0.615. The number of aromatic nitrogens is 2. The van der Waals surface area contributed by atoms with E-state index in [1.165, 1.54) is 18.5 Å². The number of carbonyl (C=O) groups excluding carboxylic acids is 1. The molecule has 0 bridgehead atoms. The summed E-state index contributed by atoms with van der Waals surface area (Å²) in [5, 5.41) is 4.26. The van der Waals surface area contributed by atoms with E-state index >= 15 is 0 Å². The molecular weight excluding hydrogens is 256 g/mol. The third-order valence-corrected chi connectivity index (χ3v) is 3.22. The van der Waals surface area contributed by atoms with E-state index in [4.69, 9.17) is 0 Å². The van der Waals surface area contributed by atoms with Gasteiger partial charge in [-0.15, -0.1) is 0 Å². The van der Waals surface area contributed by atoms with Crippen molar-refractivity contribution in [3.05, 3.63) is 34.1 Å². The minimum absolute atomic E-state index is 0.615. The van der Waals surface area contributed by atoms with Gasteiger partial charge in [-0.25, -0.2) is 4.52 Å². The molecule has 2 heterocycles. The topological polar surface area (TPSA) is 34.4 Å². The van der Waals surface area contributed by atoms with E-state index in [-0.39, 0.29) is 0 Å². The second-order valence-electron chi connectivity index (χ2n) is 3.89. The molecule has 3 rings (SSSR count). The minimum Gasteiger partial charge on any atom is -0.298 e. The van der Waals surface area contributed by atoms with Crippen molar-refractivity contribution in [2.24, 2.45) is 0 Å². The Bertz CT molecular complexity index is 543. The second kappa shape index (κ2) is 3.17. The molecule has 1 saturated carbocycles. The SMILES string of the molecule is O=Cc1cnn2c(C3CC3)cc(Br)cc12. The number of pyridine rings is 1. The van der Waals surface area contributed by atoms with E-state index in [0.29, 0.717) is 11.5 Å². The molecule has 0 unspecified atom stereocenters. The monoisotopic (exact) mass is 264 g/mol. The van der Waals surface area contributed by atoms with E-state index in [0.717, 1.165) is 16.3 Å². The van der Waals surface area contributed by atoms with Crippen LogP contribution in [0.3, 0.4) is 0 Å². The van der Waals surface area contributed by atoms with Gasteiger partial charge in [0, 0.05) is 16.1 Å². The van der Waals surface area contributed by atoms with Crippen LogP contribution >= 0.6 is 15.9 Å². The molecule has 0 amide bonds. The Morgan fingerprint density at radius 3 is 2.93 bits per heavy atom. The van der Waals surface area contributed by atoms with Crippen molar-refractivity contribution in [2.75, 3.05) is 0 Å². The summed E-state index contributed by atoms with van der Waals surface area (Å²) in [4.78, 5) is 10.8. The maximum absolute atomic E-state index is 10.8. The van der Waals surface area contributed by atoms with Gasteiger partial charge in [-0.2, -0.15) is 5.10 Å². The van der Waals surface area contributed by atoms with E-state index in [1.807, 2.05) is 10.6 Å². The molecule has 3 nitrogen and oxygen atoms in total. The van der Waals surface area contributed by atoms with E-state index in [1.54, 1.807) is 6.20 Å². The smallest absolute Gasteiger partial charge is 0.153 e. The number of fused-ring (bicyclic) bond motifs is 1. The van der Waals surface area contributed by atoms with Crippen LogP contribution in [0.5, 0.6) is 0 Å². The molecule has 1 fully saturated rings. The van der Waals surface area contributed by atoms with Gasteiger partial charge in [0.2, 0.25) is 0 Å². The standard InChI is InChI=1S/C11H9BrN2O/c12-9-3-10(7-1-2-7)14-11(4-9)8(6-15)5-13-14/h3-7H,1-2H2. The fourth-order valence-electron chi connectivity index (χ4n) is 1.86. The number of carbonyl (C=O) groups is 1. The molecule has 2 aromatic heterocycles. The van der Waals surface area contributed by atoms with Gasteiger partial charge < -0.3 is 0 Å². The van der Waals surface area contributed by atoms with Crippen molar-refractivity contribution in [1.82, 2.24) is 9.61 Å². The van der Waals surface area contributed by atoms with Crippen molar-refractivity contribution >= 4 is 27.7 Å². The van der Waals surface area contributed by atoms with Crippen LogP contribution < -0.4 is 0 Å². The first-order valence-corrected chi connectivity index (χ1v) is 5.71. The fraction of sp³-hybridized carbons (Fsp3) is 0.273. The Morgan fingerprint density at radius 1 is 1.47 bits per heavy atom. The van der Waals surface area contributed by atoms with Crippen LogP contribution in [0.15, 0.2) is 22.8 Å². The Kier molecular flexibility index (Phi) is 1.92. The lowest BCUT2D eigenvalue weighted by atomic mass is 10.2. The van der Waals surface area contributed by atoms with Crippen molar-refractivity contribution < 1.29 is 4.79 Å². The molecule has 4 heteroatoms. The zero-order valence-corrected chi connectivity index (χ0v) is 9.57. The zero-order chi connectivity index (χ0) is 10.4. The van der Waals surface area contributed by atoms with E-state index < -0.39 is 0 Å². The summed E-state index contributed by atoms with van der Waals surface area (Å²) in [5.41, 5.74) is 2.74. The Hall–Kier alpha value is -1.16. The molecule has 0 N–H and O–H groups in total. The van der Waals surface area contributed by atoms with Crippen LogP contribution in [0.4, 0.5) is 0 Å². The summed E-state index contributed by atoms with van der Waals surface area (Å²) >= 11 is 3.47.